The SMILES string of the molecule is CCN(CC)CCN1C(=O)C(O)=C(C(=O)c2cc3ccccc3o2)[C@H]1c1ccc(OC)cc1. The Kier molecular flexibility index (Phi) is 6.51. The van der Waals surface area contributed by atoms with Crippen molar-refractivity contribution in [3.05, 3.63) is 77.3 Å². The number of methoxy groups -OCH3 is 1. The van der Waals surface area contributed by atoms with E-state index in [1.54, 1.807) is 36.3 Å². The molecule has 172 valence electrons. The molecule has 7 heteroatoms. The molecule has 0 aliphatic carbocycles. The number of amides is 1. The molecule has 3 aromatic rings. The number of nitrogens with zero attached hydrogens (tertiary/aromatic N) is 2. The molecule has 1 aliphatic heterocycles. The first-order chi connectivity index (χ1) is 16.0. The minimum Gasteiger partial charge on any atom is -0.503 e. The van der Waals surface area contributed by atoms with E-state index in [2.05, 4.69) is 18.7 Å². The van der Waals surface area contributed by atoms with Crippen LogP contribution in [0, 0.1) is 0 Å². The minimum atomic E-state index is -0.723. The monoisotopic (exact) mass is 448 g/mol. The summed E-state index contributed by atoms with van der Waals surface area (Å²) in [5, 5.41) is 11.6. The van der Waals surface area contributed by atoms with Crippen LogP contribution in [0.25, 0.3) is 11.0 Å². The Morgan fingerprint density at radius 1 is 1.12 bits per heavy atom. The van der Waals surface area contributed by atoms with Crippen LogP contribution in [0.2, 0.25) is 0 Å². The lowest BCUT2D eigenvalue weighted by Crippen LogP contribution is -2.38. The van der Waals surface area contributed by atoms with Gasteiger partial charge in [0.05, 0.1) is 18.7 Å². The van der Waals surface area contributed by atoms with Crippen LogP contribution in [0.1, 0.15) is 36.0 Å². The normalized spacial score (nSPS) is 16.3. The smallest absolute Gasteiger partial charge is 0.290 e. The largest absolute Gasteiger partial charge is 0.503 e. The lowest BCUT2D eigenvalue weighted by atomic mass is 9.95. The van der Waals surface area contributed by atoms with Crippen molar-refractivity contribution >= 4 is 22.7 Å². The van der Waals surface area contributed by atoms with Crippen molar-refractivity contribution in [1.29, 1.82) is 0 Å². The summed E-state index contributed by atoms with van der Waals surface area (Å²) in [5.74, 6) is -0.822. The van der Waals surface area contributed by atoms with Gasteiger partial charge in [0, 0.05) is 18.5 Å². The maximum Gasteiger partial charge on any atom is 0.290 e. The van der Waals surface area contributed by atoms with Crippen LogP contribution in [0.4, 0.5) is 0 Å². The summed E-state index contributed by atoms with van der Waals surface area (Å²) in [4.78, 5) is 30.4. The second-order valence-electron chi connectivity index (χ2n) is 7.94. The Morgan fingerprint density at radius 2 is 1.82 bits per heavy atom. The van der Waals surface area contributed by atoms with E-state index in [0.717, 1.165) is 18.5 Å². The van der Waals surface area contributed by atoms with E-state index in [1.165, 1.54) is 0 Å². The van der Waals surface area contributed by atoms with Crippen LogP contribution >= 0.6 is 0 Å². The van der Waals surface area contributed by atoms with Crippen molar-refractivity contribution in [2.45, 2.75) is 19.9 Å². The van der Waals surface area contributed by atoms with Crippen LogP contribution < -0.4 is 4.74 Å². The van der Waals surface area contributed by atoms with Gasteiger partial charge in [-0.05, 0) is 42.9 Å². The summed E-state index contributed by atoms with van der Waals surface area (Å²) >= 11 is 0. The van der Waals surface area contributed by atoms with E-state index < -0.39 is 23.5 Å². The Labute approximate surface area is 192 Å². The van der Waals surface area contributed by atoms with E-state index in [-0.39, 0.29) is 11.3 Å². The first kappa shape index (κ1) is 22.6. The number of carbonyl (C=O) groups excluding carboxylic acids is 2. The third-order valence-corrected chi connectivity index (χ3v) is 6.18. The molecule has 1 N–H and O–H groups in total. The van der Waals surface area contributed by atoms with Crippen LogP contribution in [0.3, 0.4) is 0 Å². The Morgan fingerprint density at radius 3 is 2.45 bits per heavy atom. The van der Waals surface area contributed by atoms with Crippen LogP contribution in [0.5, 0.6) is 5.75 Å². The number of benzene rings is 2. The summed E-state index contributed by atoms with van der Waals surface area (Å²) in [6, 6.07) is 15.4. The predicted molar refractivity (Wildman–Crippen MR) is 125 cm³/mol. The molecule has 0 fully saturated rings. The molecule has 1 aliphatic rings. The number of ketones is 1. The molecule has 1 amide bonds. The molecule has 0 saturated carbocycles. The lowest BCUT2D eigenvalue weighted by Gasteiger charge is -2.29. The second kappa shape index (κ2) is 9.50. The highest BCUT2D eigenvalue weighted by atomic mass is 16.5. The van der Waals surface area contributed by atoms with Crippen molar-refractivity contribution in [3.8, 4) is 5.75 Å². The molecule has 0 unspecified atom stereocenters. The Balaban J connectivity index is 1.74. The summed E-state index contributed by atoms with van der Waals surface area (Å²) < 4.78 is 11.0. The summed E-state index contributed by atoms with van der Waals surface area (Å²) in [6.07, 6.45) is 0. The lowest BCUT2D eigenvalue weighted by molar-refractivity contribution is -0.129. The van der Waals surface area contributed by atoms with Gasteiger partial charge in [-0.3, -0.25) is 9.59 Å². The fourth-order valence-corrected chi connectivity index (χ4v) is 4.26. The maximum atomic E-state index is 13.5. The average molecular weight is 449 g/mol. The summed E-state index contributed by atoms with van der Waals surface area (Å²) in [7, 11) is 1.58. The Bertz CT molecular complexity index is 1160. The van der Waals surface area contributed by atoms with E-state index in [9.17, 15) is 14.7 Å². The van der Waals surface area contributed by atoms with E-state index >= 15 is 0 Å². The van der Waals surface area contributed by atoms with Crippen molar-refractivity contribution in [2.24, 2.45) is 0 Å². The van der Waals surface area contributed by atoms with Crippen molar-refractivity contribution in [2.75, 3.05) is 33.3 Å². The Hall–Kier alpha value is -3.58. The number of carbonyl (C=O) groups is 2. The quantitative estimate of drug-likeness (QED) is 0.490. The van der Waals surface area contributed by atoms with Crippen LogP contribution in [0.15, 0.2) is 70.3 Å². The van der Waals surface area contributed by atoms with Crippen molar-refractivity contribution in [3.63, 3.8) is 0 Å². The highest BCUT2D eigenvalue weighted by Gasteiger charge is 2.44. The van der Waals surface area contributed by atoms with E-state index in [0.29, 0.717) is 30.0 Å². The molecule has 0 saturated heterocycles. The molecule has 0 spiro atoms. The number of para-hydroxylation sites is 1. The van der Waals surface area contributed by atoms with E-state index in [4.69, 9.17) is 9.15 Å². The topological polar surface area (TPSA) is 83.2 Å². The number of aliphatic hydroxyl groups is 1. The number of likely N-dealkylation sites (N-methyl/N-ethyl adjacent to an activating group) is 1. The first-order valence-electron chi connectivity index (χ1n) is 11.1. The number of fused-ring (bicyclic) bond motifs is 1. The molecule has 1 aromatic heterocycles. The van der Waals surface area contributed by atoms with Gasteiger partial charge in [-0.15, -0.1) is 0 Å². The van der Waals surface area contributed by atoms with Gasteiger partial charge in [0.1, 0.15) is 11.3 Å². The van der Waals surface area contributed by atoms with Gasteiger partial charge in [-0.2, -0.15) is 0 Å². The van der Waals surface area contributed by atoms with Crippen LogP contribution in [-0.4, -0.2) is 59.9 Å². The standard InChI is InChI=1S/C26H28N2O5/c1-4-27(5-2)14-15-28-23(17-10-12-19(32-3)13-11-17)22(25(30)26(28)31)24(29)21-16-18-8-6-7-9-20(18)33-21/h6-13,16,23,30H,4-5,14-15H2,1-3H3/t23-/m1/s1. The predicted octanol–water partition coefficient (Wildman–Crippen LogP) is 4.36. The summed E-state index contributed by atoms with van der Waals surface area (Å²) in [6.45, 7) is 6.81. The van der Waals surface area contributed by atoms with Gasteiger partial charge in [0.15, 0.2) is 11.5 Å². The number of Topliss-reactive ketones (excluding diaryl/α,β-unsaturated/α-hetero) is 1. The molecule has 4 rings (SSSR count). The highest BCUT2D eigenvalue weighted by Crippen LogP contribution is 2.40. The molecule has 0 bridgehead atoms. The van der Waals surface area contributed by atoms with Gasteiger partial charge < -0.3 is 24.1 Å². The molecular formula is C26H28N2O5. The number of hydrogen-bond donors (Lipinski definition) is 1. The molecule has 33 heavy (non-hydrogen) atoms. The molecule has 7 nitrogen and oxygen atoms in total. The number of hydrogen-bond acceptors (Lipinski definition) is 6. The number of furan rings is 1. The summed E-state index contributed by atoms with van der Waals surface area (Å²) in [5.41, 5.74) is 1.32. The number of aliphatic hydroxyl groups excluding tert-OH is 1. The highest BCUT2D eigenvalue weighted by molar-refractivity contribution is 6.16. The zero-order chi connectivity index (χ0) is 23.5. The molecular weight excluding hydrogens is 420 g/mol. The van der Waals surface area contributed by atoms with Gasteiger partial charge >= 0.3 is 0 Å². The number of rotatable bonds is 9. The molecule has 2 heterocycles. The zero-order valence-electron chi connectivity index (χ0n) is 19.1. The fraction of sp³-hybridized carbons (Fsp3) is 0.308. The molecule has 2 aromatic carbocycles. The van der Waals surface area contributed by atoms with E-state index in [1.807, 2.05) is 30.3 Å². The van der Waals surface area contributed by atoms with Gasteiger partial charge in [-0.25, -0.2) is 0 Å². The zero-order valence-corrected chi connectivity index (χ0v) is 19.1. The third kappa shape index (κ3) is 4.24. The number of ether oxygens (including phenoxy) is 1. The van der Waals surface area contributed by atoms with Gasteiger partial charge in [-0.1, -0.05) is 44.2 Å². The van der Waals surface area contributed by atoms with Crippen molar-refractivity contribution in [1.82, 2.24) is 9.80 Å². The second-order valence-corrected chi connectivity index (χ2v) is 7.94. The fourth-order valence-electron chi connectivity index (χ4n) is 4.26. The minimum absolute atomic E-state index is 0.0313. The molecule has 0 radical (unpaired) electrons. The first-order valence-corrected chi connectivity index (χ1v) is 11.1. The van der Waals surface area contributed by atoms with Crippen molar-refractivity contribution < 1.29 is 23.8 Å². The molecule has 1 atom stereocenters. The van der Waals surface area contributed by atoms with Gasteiger partial charge in [0.25, 0.3) is 5.91 Å². The van der Waals surface area contributed by atoms with Crippen LogP contribution in [-0.2, 0) is 4.79 Å². The maximum absolute atomic E-state index is 13.5. The third-order valence-electron chi connectivity index (χ3n) is 6.18. The van der Waals surface area contributed by atoms with Gasteiger partial charge in [0.2, 0.25) is 5.78 Å². The average Bonchev–Trinajstić information content (AvgIpc) is 3.39.